The largest absolute Gasteiger partial charge is 0.494 e. The summed E-state index contributed by atoms with van der Waals surface area (Å²) in [7, 11) is 0. The van der Waals surface area contributed by atoms with Gasteiger partial charge in [0, 0.05) is 24.3 Å². The van der Waals surface area contributed by atoms with Gasteiger partial charge in [-0.3, -0.25) is 14.4 Å². The van der Waals surface area contributed by atoms with E-state index in [4.69, 9.17) is 9.47 Å². The molecule has 1 aliphatic rings. The Hall–Kier alpha value is -4.36. The van der Waals surface area contributed by atoms with Gasteiger partial charge in [0.25, 0.3) is 11.8 Å². The van der Waals surface area contributed by atoms with Gasteiger partial charge in [0.1, 0.15) is 11.6 Å². The Labute approximate surface area is 240 Å². The molecule has 0 spiro atoms. The number of allylic oxidation sites excluding steroid dienone is 1. The van der Waals surface area contributed by atoms with E-state index in [1.807, 2.05) is 36.4 Å². The van der Waals surface area contributed by atoms with Crippen molar-refractivity contribution in [3.05, 3.63) is 114 Å². The van der Waals surface area contributed by atoms with Gasteiger partial charge in [0.15, 0.2) is 5.78 Å². The van der Waals surface area contributed by atoms with E-state index < -0.39 is 0 Å². The second-order valence-electron chi connectivity index (χ2n) is 9.81. The van der Waals surface area contributed by atoms with Crippen LogP contribution in [0.5, 0.6) is 5.75 Å². The van der Waals surface area contributed by atoms with Gasteiger partial charge in [0.2, 0.25) is 0 Å². The molecule has 0 atom stereocenters. The number of carbonyl (C=O) groups is 3. The lowest BCUT2D eigenvalue weighted by atomic mass is 10.1. The third-order valence-corrected chi connectivity index (χ3v) is 6.66. The molecule has 0 N–H and O–H groups in total. The number of benzene rings is 3. The molecule has 1 heterocycles. The minimum Gasteiger partial charge on any atom is -0.494 e. The summed E-state index contributed by atoms with van der Waals surface area (Å²) in [6, 6.07) is 20.4. The summed E-state index contributed by atoms with van der Waals surface area (Å²) < 4.78 is 24.6. The third kappa shape index (κ3) is 9.36. The Morgan fingerprint density at radius 1 is 0.732 bits per heavy atom. The maximum atomic E-state index is 13.0. The van der Waals surface area contributed by atoms with Crippen molar-refractivity contribution in [1.29, 1.82) is 0 Å². The summed E-state index contributed by atoms with van der Waals surface area (Å²) in [6.07, 6.45) is 12.3. The number of unbranched alkanes of at least 4 members (excludes halogenated alkanes) is 5. The van der Waals surface area contributed by atoms with E-state index in [0.29, 0.717) is 31.1 Å². The molecule has 0 unspecified atom stereocenters. The number of amides is 2. The molecule has 0 aliphatic carbocycles. The predicted molar refractivity (Wildman–Crippen MR) is 157 cm³/mol. The van der Waals surface area contributed by atoms with Crippen LogP contribution in [0.15, 0.2) is 91.0 Å². The van der Waals surface area contributed by atoms with Gasteiger partial charge < -0.3 is 9.47 Å². The fourth-order valence-electron chi connectivity index (χ4n) is 4.35. The van der Waals surface area contributed by atoms with Crippen LogP contribution in [0, 0.1) is 5.82 Å². The summed E-state index contributed by atoms with van der Waals surface area (Å²) in [4.78, 5) is 36.8. The number of hydrogen-bond acceptors (Lipinski definition) is 5. The van der Waals surface area contributed by atoms with Crippen LogP contribution >= 0.6 is 0 Å². The van der Waals surface area contributed by atoms with Crippen molar-refractivity contribution in [3.63, 3.8) is 0 Å². The van der Waals surface area contributed by atoms with Crippen LogP contribution in [0.4, 0.5) is 10.1 Å². The van der Waals surface area contributed by atoms with Crippen molar-refractivity contribution < 1.29 is 28.2 Å². The highest BCUT2D eigenvalue weighted by Crippen LogP contribution is 2.20. The Bertz CT molecular complexity index is 1340. The topological polar surface area (TPSA) is 72.9 Å². The molecule has 41 heavy (non-hydrogen) atoms. The standard InChI is InChI=1S/C34H34FNO5/c35-29-14-12-28(13-15-29)32(37)20-11-26-9-18-31(19-10-26)41-24-6-4-2-1-3-5-23-40-25-27-7-16-30(17-8-27)36-33(38)21-22-34(36)39/h7-22H,1-6,23-25H2. The highest BCUT2D eigenvalue weighted by atomic mass is 19.1. The van der Waals surface area contributed by atoms with Crippen LogP contribution in [-0.4, -0.2) is 30.8 Å². The molecule has 3 aromatic carbocycles. The average molecular weight is 556 g/mol. The van der Waals surface area contributed by atoms with Crippen LogP contribution in [0.2, 0.25) is 0 Å². The molecule has 3 aromatic rings. The molecule has 0 bridgehead atoms. The lowest BCUT2D eigenvalue weighted by Gasteiger charge is -2.14. The predicted octanol–water partition coefficient (Wildman–Crippen LogP) is 7.09. The van der Waals surface area contributed by atoms with Crippen LogP contribution in [0.3, 0.4) is 0 Å². The molecular formula is C34H34FNO5. The maximum absolute atomic E-state index is 13.0. The summed E-state index contributed by atoms with van der Waals surface area (Å²) in [6.45, 7) is 1.86. The first-order valence-corrected chi connectivity index (χ1v) is 13.9. The van der Waals surface area contributed by atoms with Crippen molar-refractivity contribution in [2.75, 3.05) is 18.1 Å². The van der Waals surface area contributed by atoms with Crippen molar-refractivity contribution in [2.24, 2.45) is 0 Å². The van der Waals surface area contributed by atoms with E-state index in [-0.39, 0.29) is 23.4 Å². The fourth-order valence-corrected chi connectivity index (χ4v) is 4.35. The van der Waals surface area contributed by atoms with E-state index in [1.165, 1.54) is 42.5 Å². The number of ether oxygens (including phenoxy) is 2. The highest BCUT2D eigenvalue weighted by Gasteiger charge is 2.24. The minimum atomic E-state index is -0.364. The van der Waals surface area contributed by atoms with Crippen LogP contribution < -0.4 is 9.64 Å². The Morgan fingerprint density at radius 3 is 2.00 bits per heavy atom. The lowest BCUT2D eigenvalue weighted by Crippen LogP contribution is -2.29. The normalized spacial score (nSPS) is 13.0. The first-order valence-electron chi connectivity index (χ1n) is 13.9. The van der Waals surface area contributed by atoms with Crippen LogP contribution in [0.1, 0.15) is 60.0 Å². The molecular weight excluding hydrogens is 521 g/mol. The molecule has 0 fully saturated rings. The van der Waals surface area contributed by atoms with E-state index >= 15 is 0 Å². The number of nitrogens with zero attached hydrogens (tertiary/aromatic N) is 1. The van der Waals surface area contributed by atoms with Crippen molar-refractivity contribution in [1.82, 2.24) is 0 Å². The number of halogens is 1. The van der Waals surface area contributed by atoms with Crippen LogP contribution in [-0.2, 0) is 20.9 Å². The maximum Gasteiger partial charge on any atom is 0.258 e. The van der Waals surface area contributed by atoms with Gasteiger partial charge in [-0.2, -0.15) is 0 Å². The SMILES string of the molecule is O=C(C=Cc1ccc(OCCCCCCCCOCc2ccc(N3C(=O)C=CC3=O)cc2)cc1)c1ccc(F)cc1. The monoisotopic (exact) mass is 555 g/mol. The first kappa shape index (κ1) is 29.6. The van der Waals surface area contributed by atoms with Gasteiger partial charge in [-0.1, -0.05) is 56.0 Å². The molecule has 212 valence electrons. The summed E-state index contributed by atoms with van der Waals surface area (Å²) >= 11 is 0. The molecule has 2 amide bonds. The number of anilines is 1. The van der Waals surface area contributed by atoms with E-state index in [1.54, 1.807) is 18.2 Å². The number of carbonyl (C=O) groups excluding carboxylic acids is 3. The zero-order chi connectivity index (χ0) is 28.9. The molecule has 0 radical (unpaired) electrons. The van der Waals surface area contributed by atoms with Crippen molar-refractivity contribution >= 4 is 29.4 Å². The average Bonchev–Trinajstić information content (AvgIpc) is 3.33. The van der Waals surface area contributed by atoms with E-state index in [9.17, 15) is 18.8 Å². The minimum absolute atomic E-state index is 0.171. The van der Waals surface area contributed by atoms with E-state index in [2.05, 4.69) is 0 Å². The van der Waals surface area contributed by atoms with Crippen molar-refractivity contribution in [2.45, 2.75) is 45.1 Å². The van der Waals surface area contributed by atoms with Gasteiger partial charge in [-0.15, -0.1) is 0 Å². The zero-order valence-corrected chi connectivity index (χ0v) is 23.0. The second kappa shape index (κ2) is 15.4. The van der Waals surface area contributed by atoms with Gasteiger partial charge in [0.05, 0.1) is 18.9 Å². The summed E-state index contributed by atoms with van der Waals surface area (Å²) in [5.41, 5.74) is 2.91. The zero-order valence-electron chi connectivity index (χ0n) is 23.0. The fraction of sp³-hybridized carbons (Fsp3) is 0.265. The quantitative estimate of drug-likeness (QED) is 0.0817. The molecule has 0 aromatic heterocycles. The Balaban J connectivity index is 1.00. The molecule has 6 nitrogen and oxygen atoms in total. The third-order valence-electron chi connectivity index (χ3n) is 6.66. The number of imide groups is 1. The second-order valence-corrected chi connectivity index (χ2v) is 9.81. The van der Waals surface area contributed by atoms with Crippen LogP contribution in [0.25, 0.3) is 6.08 Å². The Kier molecular flexibility index (Phi) is 11.1. The van der Waals surface area contributed by atoms with Gasteiger partial charge >= 0.3 is 0 Å². The summed E-state index contributed by atoms with van der Waals surface area (Å²) in [5.74, 6) is -0.369. The molecule has 0 saturated heterocycles. The molecule has 4 rings (SSSR count). The first-order chi connectivity index (χ1) is 20.0. The number of ketones is 1. The molecule has 1 aliphatic heterocycles. The summed E-state index contributed by atoms with van der Waals surface area (Å²) in [5, 5.41) is 0. The van der Waals surface area contributed by atoms with E-state index in [0.717, 1.165) is 60.3 Å². The number of rotatable bonds is 16. The lowest BCUT2D eigenvalue weighted by molar-refractivity contribution is -0.119. The molecule has 0 saturated carbocycles. The highest BCUT2D eigenvalue weighted by molar-refractivity contribution is 6.28. The smallest absolute Gasteiger partial charge is 0.258 e. The van der Waals surface area contributed by atoms with Gasteiger partial charge in [-0.25, -0.2) is 9.29 Å². The molecule has 7 heteroatoms. The number of hydrogen-bond donors (Lipinski definition) is 0. The van der Waals surface area contributed by atoms with Gasteiger partial charge in [-0.05, 0) is 78.6 Å². The Morgan fingerprint density at radius 2 is 1.34 bits per heavy atom. The van der Waals surface area contributed by atoms with Crippen molar-refractivity contribution in [3.8, 4) is 5.75 Å².